The summed E-state index contributed by atoms with van der Waals surface area (Å²) in [5.41, 5.74) is 1.75. The van der Waals surface area contributed by atoms with E-state index in [1.165, 1.54) is 23.8 Å². The quantitative estimate of drug-likeness (QED) is 0.223. The maximum atomic E-state index is 16.3. The number of halogens is 1. The summed E-state index contributed by atoms with van der Waals surface area (Å²) in [6.45, 7) is 16.2. The zero-order chi connectivity index (χ0) is 31.7. The fraction of sp³-hybridized carbons (Fsp3) is 0.486. The number of aromatic nitrogens is 1. The number of hydrogen-bond acceptors (Lipinski definition) is 6. The molecular weight excluding hydrogens is 587 g/mol. The molecule has 2 aromatic carbocycles. The Hall–Kier alpha value is -2.62. The van der Waals surface area contributed by atoms with E-state index in [0.29, 0.717) is 16.8 Å². The molecule has 3 aliphatic heterocycles. The van der Waals surface area contributed by atoms with Gasteiger partial charge in [-0.3, -0.25) is 4.57 Å². The van der Waals surface area contributed by atoms with Crippen LogP contribution in [-0.4, -0.2) is 41.2 Å². The zero-order valence-corrected chi connectivity index (χ0v) is 28.1. The molecule has 234 valence electrons. The number of rotatable bonds is 5. The molecular formula is C35H40B2FNO5S. The van der Waals surface area contributed by atoms with Gasteiger partial charge < -0.3 is 23.4 Å². The lowest BCUT2D eigenvalue weighted by molar-refractivity contribution is 0.00578. The maximum absolute atomic E-state index is 16.3. The number of thiophene rings is 1. The Morgan fingerprint density at radius 2 is 1.40 bits per heavy atom. The fourth-order valence-corrected chi connectivity index (χ4v) is 7.63. The van der Waals surface area contributed by atoms with Crippen molar-refractivity contribution in [2.75, 3.05) is 0 Å². The average molecular weight is 627 g/mol. The molecule has 0 radical (unpaired) electrons. The van der Waals surface area contributed by atoms with Gasteiger partial charge in [-0.15, -0.1) is 11.3 Å². The number of benzene rings is 2. The van der Waals surface area contributed by atoms with E-state index in [0.717, 1.165) is 39.3 Å². The third-order valence-electron chi connectivity index (χ3n) is 10.8. The number of nitrogens with zero attached hydrogens (tertiary/aromatic N) is 1. The summed E-state index contributed by atoms with van der Waals surface area (Å²) in [5, 5.41) is 0.975. The molecule has 5 heterocycles. The van der Waals surface area contributed by atoms with Gasteiger partial charge in [0.2, 0.25) is 6.23 Å². The first-order valence-electron chi connectivity index (χ1n) is 16.1. The third kappa shape index (κ3) is 4.74. The molecule has 1 saturated carbocycles. The molecule has 8 rings (SSSR count). The van der Waals surface area contributed by atoms with Gasteiger partial charge >= 0.3 is 14.2 Å². The fourth-order valence-electron chi connectivity index (χ4n) is 6.49. The highest BCUT2D eigenvalue weighted by molar-refractivity contribution is 7.12. The van der Waals surface area contributed by atoms with Crippen LogP contribution in [0.25, 0.3) is 22.2 Å². The zero-order valence-electron chi connectivity index (χ0n) is 27.3. The molecule has 0 amide bonds. The lowest BCUT2D eigenvalue weighted by atomic mass is 9.78. The molecule has 1 atom stereocenters. The van der Waals surface area contributed by atoms with Crippen molar-refractivity contribution in [1.82, 2.24) is 4.57 Å². The summed E-state index contributed by atoms with van der Waals surface area (Å²) in [7, 11) is -1.18. The molecule has 0 bridgehead atoms. The smallest absolute Gasteiger partial charge is 0.464 e. The summed E-state index contributed by atoms with van der Waals surface area (Å²) in [6, 6.07) is 16.1. The van der Waals surface area contributed by atoms with Crippen LogP contribution in [0.15, 0.2) is 48.5 Å². The van der Waals surface area contributed by atoms with E-state index in [1.807, 2.05) is 33.8 Å². The van der Waals surface area contributed by atoms with Gasteiger partial charge in [0.25, 0.3) is 0 Å². The van der Waals surface area contributed by atoms with Gasteiger partial charge in [0.15, 0.2) is 0 Å². The highest BCUT2D eigenvalue weighted by atomic mass is 32.1. The van der Waals surface area contributed by atoms with Crippen LogP contribution in [0, 0.1) is 11.7 Å². The highest BCUT2D eigenvalue weighted by Gasteiger charge is 2.53. The van der Waals surface area contributed by atoms with E-state index in [2.05, 4.69) is 68.7 Å². The van der Waals surface area contributed by atoms with Gasteiger partial charge in [0, 0.05) is 10.3 Å². The van der Waals surface area contributed by atoms with E-state index >= 15 is 4.39 Å². The van der Waals surface area contributed by atoms with Crippen LogP contribution in [0.5, 0.6) is 5.75 Å². The molecule has 3 fully saturated rings. The van der Waals surface area contributed by atoms with Crippen molar-refractivity contribution in [3.8, 4) is 17.0 Å². The van der Waals surface area contributed by atoms with Gasteiger partial charge in [-0.05, 0) is 128 Å². The van der Waals surface area contributed by atoms with Crippen molar-refractivity contribution < 1.29 is 27.7 Å². The first-order valence-corrected chi connectivity index (χ1v) is 16.9. The minimum absolute atomic E-state index is 0.369. The second-order valence-electron chi connectivity index (χ2n) is 15.2. The van der Waals surface area contributed by atoms with Crippen LogP contribution in [0.4, 0.5) is 4.39 Å². The summed E-state index contributed by atoms with van der Waals surface area (Å²) in [5.74, 6) is 0.910. The van der Waals surface area contributed by atoms with E-state index in [9.17, 15) is 0 Å². The molecule has 0 N–H and O–H groups in total. The number of ether oxygens (including phenoxy) is 1. The lowest BCUT2D eigenvalue weighted by Crippen LogP contribution is -2.41. The Morgan fingerprint density at radius 3 is 2.02 bits per heavy atom. The maximum Gasteiger partial charge on any atom is 0.495 e. The Morgan fingerprint density at radius 1 is 0.778 bits per heavy atom. The van der Waals surface area contributed by atoms with Crippen LogP contribution in [0.1, 0.15) is 84.2 Å². The Kier molecular flexibility index (Phi) is 6.42. The lowest BCUT2D eigenvalue weighted by Gasteiger charge is -2.32. The second kappa shape index (κ2) is 9.71. The van der Waals surface area contributed by atoms with Gasteiger partial charge in [0.1, 0.15) is 11.6 Å². The van der Waals surface area contributed by atoms with Gasteiger partial charge in [0.05, 0.1) is 44.1 Å². The minimum Gasteiger partial charge on any atom is -0.464 e. The summed E-state index contributed by atoms with van der Waals surface area (Å²) >= 11 is 1.79. The SMILES string of the molecule is CC1(C)OB(c2cc(F)c3c(c2)OC(c2ccc(CC4CC4)s2)n2c-3cc3cc(B4OC(C)(C)C(C)(C)O4)ccc32)OC1(C)C. The highest BCUT2D eigenvalue weighted by Crippen LogP contribution is 2.47. The van der Waals surface area contributed by atoms with Crippen molar-refractivity contribution in [3.05, 3.63) is 64.1 Å². The predicted molar refractivity (Wildman–Crippen MR) is 178 cm³/mol. The van der Waals surface area contributed by atoms with Gasteiger partial charge in [-0.2, -0.15) is 0 Å². The topological polar surface area (TPSA) is 51.1 Å². The van der Waals surface area contributed by atoms with E-state index < -0.39 is 42.9 Å². The van der Waals surface area contributed by atoms with Crippen LogP contribution < -0.4 is 15.7 Å². The first-order chi connectivity index (χ1) is 21.1. The van der Waals surface area contributed by atoms with Crippen LogP contribution in [0.3, 0.4) is 0 Å². The predicted octanol–water partition coefficient (Wildman–Crippen LogP) is 7.00. The van der Waals surface area contributed by atoms with Crippen LogP contribution >= 0.6 is 11.3 Å². The van der Waals surface area contributed by atoms with Gasteiger partial charge in [-0.25, -0.2) is 4.39 Å². The molecule has 45 heavy (non-hydrogen) atoms. The van der Waals surface area contributed by atoms with E-state index in [-0.39, 0.29) is 5.82 Å². The van der Waals surface area contributed by atoms with Crippen molar-refractivity contribution in [2.45, 2.75) is 103 Å². The molecule has 10 heteroatoms. The molecule has 2 saturated heterocycles. The summed E-state index contributed by atoms with van der Waals surface area (Å²) in [4.78, 5) is 2.45. The van der Waals surface area contributed by atoms with Crippen LogP contribution in [0.2, 0.25) is 0 Å². The van der Waals surface area contributed by atoms with E-state index in [4.69, 9.17) is 23.4 Å². The van der Waals surface area contributed by atoms with Crippen molar-refractivity contribution in [2.24, 2.45) is 5.92 Å². The van der Waals surface area contributed by atoms with Crippen molar-refractivity contribution >= 4 is 47.4 Å². The molecule has 1 aliphatic carbocycles. The summed E-state index contributed by atoms with van der Waals surface area (Å²) < 4.78 is 50.5. The Labute approximate surface area is 269 Å². The minimum atomic E-state index is -0.695. The largest absolute Gasteiger partial charge is 0.495 e. The second-order valence-corrected chi connectivity index (χ2v) is 16.4. The number of fused-ring (bicyclic) bond motifs is 5. The molecule has 2 aromatic heterocycles. The molecule has 4 aromatic rings. The molecule has 1 unspecified atom stereocenters. The molecule has 4 aliphatic rings. The van der Waals surface area contributed by atoms with Crippen LogP contribution in [-0.2, 0) is 25.0 Å². The first kappa shape index (κ1) is 29.8. The van der Waals surface area contributed by atoms with Crippen molar-refractivity contribution in [1.29, 1.82) is 0 Å². The molecule has 6 nitrogen and oxygen atoms in total. The third-order valence-corrected chi connectivity index (χ3v) is 12.0. The Bertz CT molecular complexity index is 1810. The molecule has 0 spiro atoms. The Balaban J connectivity index is 1.24. The number of hydrogen-bond donors (Lipinski definition) is 0. The van der Waals surface area contributed by atoms with Gasteiger partial charge in [-0.1, -0.05) is 12.1 Å². The van der Waals surface area contributed by atoms with E-state index in [1.54, 1.807) is 11.3 Å². The van der Waals surface area contributed by atoms with Crippen molar-refractivity contribution in [3.63, 3.8) is 0 Å². The standard InChI is InChI=1S/C35H40B2FNO5S/c1-32(2)33(3,4)42-36(41-32)22-11-13-26-21(16-22)17-27-30-25(38)18-23(37-43-34(5,6)35(7,8)44-37)19-28(30)40-31(39(26)27)29-14-12-24(45-29)15-20-9-10-20/h11-14,16-20,31H,9-10,15H2,1-8H3. The monoisotopic (exact) mass is 627 g/mol. The normalized spacial score (nSPS) is 24.2. The summed E-state index contributed by atoms with van der Waals surface area (Å²) in [6.07, 6.45) is 3.27. The average Bonchev–Trinajstić information content (AvgIpc) is 3.31.